The Bertz CT molecular complexity index is 267. The molecule has 16 heavy (non-hydrogen) atoms. The summed E-state index contributed by atoms with van der Waals surface area (Å²) < 4.78 is 14.5. The van der Waals surface area contributed by atoms with Crippen LogP contribution in [0.3, 0.4) is 0 Å². The summed E-state index contributed by atoms with van der Waals surface area (Å²) in [5.74, 6) is -3.30. The lowest BCUT2D eigenvalue weighted by atomic mass is 10.2. The molecule has 0 aliphatic rings. The van der Waals surface area contributed by atoms with E-state index < -0.39 is 23.7 Å². The van der Waals surface area contributed by atoms with Gasteiger partial charge in [-0.15, -0.1) is 0 Å². The topological polar surface area (TPSA) is 78.9 Å². The molecule has 0 rings (SSSR count). The van der Waals surface area contributed by atoms with Gasteiger partial charge in [-0.3, -0.25) is 14.4 Å². The number of carbonyl (C=O) groups excluding carboxylic acids is 3. The molecule has 0 radical (unpaired) electrons. The second-order valence-electron chi connectivity index (χ2n) is 3.23. The van der Waals surface area contributed by atoms with Gasteiger partial charge >= 0.3 is 17.9 Å². The summed E-state index contributed by atoms with van der Waals surface area (Å²) in [6.07, 6.45) is 0.194. The molecule has 0 bridgehead atoms. The molecule has 0 saturated carbocycles. The number of ether oxygens (including phenoxy) is 3. The molecule has 0 amide bonds. The molecule has 0 fully saturated rings. The summed E-state index contributed by atoms with van der Waals surface area (Å²) in [6.45, 7) is 4.92. The Balaban J connectivity index is 4.72. The molecule has 0 atom stereocenters. The first-order chi connectivity index (χ1) is 7.31. The molecule has 0 aliphatic carbocycles. The molecule has 6 heteroatoms. The van der Waals surface area contributed by atoms with Crippen LogP contribution in [0.5, 0.6) is 0 Å². The van der Waals surface area contributed by atoms with Crippen molar-refractivity contribution in [1.29, 1.82) is 0 Å². The van der Waals surface area contributed by atoms with Gasteiger partial charge in [0.1, 0.15) is 0 Å². The fourth-order valence-electron chi connectivity index (χ4n) is 1.06. The molecule has 92 valence electrons. The summed E-state index contributed by atoms with van der Waals surface area (Å²) in [5.41, 5.74) is 0. The minimum Gasteiger partial charge on any atom is -0.458 e. The van der Waals surface area contributed by atoms with Crippen LogP contribution in [0.1, 0.15) is 34.1 Å². The largest absolute Gasteiger partial charge is 0.458 e. The van der Waals surface area contributed by atoms with E-state index in [1.807, 2.05) is 0 Å². The maximum absolute atomic E-state index is 10.9. The minimum atomic E-state index is -1.52. The molecule has 0 saturated heterocycles. The molecule has 0 spiro atoms. The number of hydrogen-bond donors (Lipinski definition) is 0. The molecule has 0 unspecified atom stereocenters. The number of rotatable bonds is 5. The number of carbonyl (C=O) groups is 3. The Morgan fingerprint density at radius 2 is 1.38 bits per heavy atom. The Labute approximate surface area is 93.8 Å². The maximum Gasteiger partial charge on any atom is 0.306 e. The van der Waals surface area contributed by atoms with Crippen LogP contribution in [0.15, 0.2) is 0 Å². The van der Waals surface area contributed by atoms with E-state index in [0.29, 0.717) is 0 Å². The zero-order chi connectivity index (χ0) is 12.8. The molecule has 0 N–H and O–H groups in total. The van der Waals surface area contributed by atoms with Crippen molar-refractivity contribution >= 4 is 17.9 Å². The van der Waals surface area contributed by atoms with E-state index in [0.717, 1.165) is 0 Å². The van der Waals surface area contributed by atoms with Crippen LogP contribution in [0, 0.1) is 0 Å². The molecule has 0 aliphatic heterocycles. The quantitative estimate of drug-likeness (QED) is 0.515. The standard InChI is InChI=1S/C10H16O6/c1-5-10(15-8(3)12,16-9(4)13)6-14-7(2)11/h5-6H2,1-4H3. The number of esters is 3. The fraction of sp³-hybridized carbons (Fsp3) is 0.700. The summed E-state index contributed by atoms with van der Waals surface area (Å²) in [4.78, 5) is 32.5. The molecule has 0 aromatic heterocycles. The molecule has 0 aromatic carbocycles. The summed E-state index contributed by atoms with van der Waals surface area (Å²) in [7, 11) is 0. The van der Waals surface area contributed by atoms with Crippen LogP contribution in [0.2, 0.25) is 0 Å². The first-order valence-electron chi connectivity index (χ1n) is 4.84. The smallest absolute Gasteiger partial charge is 0.306 e. The molecular weight excluding hydrogens is 216 g/mol. The van der Waals surface area contributed by atoms with Crippen LogP contribution in [0.4, 0.5) is 0 Å². The van der Waals surface area contributed by atoms with Crippen molar-refractivity contribution in [2.24, 2.45) is 0 Å². The van der Waals surface area contributed by atoms with Crippen molar-refractivity contribution < 1.29 is 28.6 Å². The predicted molar refractivity (Wildman–Crippen MR) is 53.2 cm³/mol. The zero-order valence-corrected chi connectivity index (χ0v) is 9.86. The van der Waals surface area contributed by atoms with E-state index in [4.69, 9.17) is 14.2 Å². The Kier molecular flexibility index (Phi) is 5.49. The normalized spacial score (nSPS) is 10.5. The predicted octanol–water partition coefficient (Wildman–Crippen LogP) is 0.782. The average molecular weight is 232 g/mol. The summed E-state index contributed by atoms with van der Waals surface area (Å²) in [5, 5.41) is 0. The summed E-state index contributed by atoms with van der Waals surface area (Å²) >= 11 is 0. The van der Waals surface area contributed by atoms with Crippen LogP contribution in [-0.2, 0) is 28.6 Å². The van der Waals surface area contributed by atoms with E-state index in [2.05, 4.69) is 0 Å². The second-order valence-corrected chi connectivity index (χ2v) is 3.23. The van der Waals surface area contributed by atoms with Crippen LogP contribution in [-0.4, -0.2) is 30.3 Å². The lowest BCUT2D eigenvalue weighted by Gasteiger charge is -2.30. The minimum absolute atomic E-state index is 0.194. The summed E-state index contributed by atoms with van der Waals surface area (Å²) in [6, 6.07) is 0. The van der Waals surface area contributed by atoms with Gasteiger partial charge in [0.15, 0.2) is 6.61 Å². The highest BCUT2D eigenvalue weighted by molar-refractivity contribution is 5.69. The molecule has 6 nitrogen and oxygen atoms in total. The SMILES string of the molecule is CCC(COC(C)=O)(OC(C)=O)OC(C)=O. The maximum atomic E-state index is 10.9. The monoisotopic (exact) mass is 232 g/mol. The van der Waals surface area contributed by atoms with Gasteiger partial charge in [0.25, 0.3) is 5.79 Å². The van der Waals surface area contributed by atoms with Gasteiger partial charge in [-0.2, -0.15) is 0 Å². The lowest BCUT2D eigenvalue weighted by molar-refractivity contribution is -0.242. The van der Waals surface area contributed by atoms with Crippen molar-refractivity contribution in [3.8, 4) is 0 Å². The van der Waals surface area contributed by atoms with E-state index in [1.54, 1.807) is 6.92 Å². The zero-order valence-electron chi connectivity index (χ0n) is 9.86. The Morgan fingerprint density at radius 3 is 1.62 bits per heavy atom. The van der Waals surface area contributed by atoms with Crippen LogP contribution < -0.4 is 0 Å². The van der Waals surface area contributed by atoms with Gasteiger partial charge in [0.2, 0.25) is 0 Å². The highest BCUT2D eigenvalue weighted by Gasteiger charge is 2.36. The fourth-order valence-corrected chi connectivity index (χ4v) is 1.06. The average Bonchev–Trinajstić information content (AvgIpc) is 2.12. The lowest BCUT2D eigenvalue weighted by Crippen LogP contribution is -2.43. The van der Waals surface area contributed by atoms with Gasteiger partial charge in [-0.05, 0) is 0 Å². The van der Waals surface area contributed by atoms with Crippen molar-refractivity contribution in [3.05, 3.63) is 0 Å². The third-order valence-electron chi connectivity index (χ3n) is 1.69. The van der Waals surface area contributed by atoms with Crippen LogP contribution in [0.25, 0.3) is 0 Å². The van der Waals surface area contributed by atoms with E-state index in [1.165, 1.54) is 20.8 Å². The van der Waals surface area contributed by atoms with Gasteiger partial charge < -0.3 is 14.2 Å². The number of hydrogen-bond acceptors (Lipinski definition) is 6. The van der Waals surface area contributed by atoms with Crippen molar-refractivity contribution in [1.82, 2.24) is 0 Å². The van der Waals surface area contributed by atoms with Gasteiger partial charge in [-0.1, -0.05) is 6.92 Å². The van der Waals surface area contributed by atoms with E-state index in [-0.39, 0.29) is 13.0 Å². The highest BCUT2D eigenvalue weighted by Crippen LogP contribution is 2.19. The van der Waals surface area contributed by atoms with Gasteiger partial charge in [0.05, 0.1) is 0 Å². The molecular formula is C10H16O6. The highest BCUT2D eigenvalue weighted by atomic mass is 16.7. The van der Waals surface area contributed by atoms with Crippen molar-refractivity contribution in [2.45, 2.75) is 39.9 Å². The second kappa shape index (κ2) is 6.09. The van der Waals surface area contributed by atoms with Crippen molar-refractivity contribution in [2.75, 3.05) is 6.61 Å². The van der Waals surface area contributed by atoms with Crippen LogP contribution >= 0.6 is 0 Å². The first-order valence-corrected chi connectivity index (χ1v) is 4.84. The van der Waals surface area contributed by atoms with E-state index in [9.17, 15) is 14.4 Å². The third kappa shape index (κ3) is 5.33. The molecule has 0 heterocycles. The Morgan fingerprint density at radius 1 is 0.938 bits per heavy atom. The van der Waals surface area contributed by atoms with E-state index >= 15 is 0 Å². The third-order valence-corrected chi connectivity index (χ3v) is 1.69. The van der Waals surface area contributed by atoms with Gasteiger partial charge in [0, 0.05) is 27.2 Å². The van der Waals surface area contributed by atoms with Gasteiger partial charge in [-0.25, -0.2) is 0 Å². The molecule has 0 aromatic rings. The Hall–Kier alpha value is -1.59. The first kappa shape index (κ1) is 14.4. The van der Waals surface area contributed by atoms with Crippen molar-refractivity contribution in [3.63, 3.8) is 0 Å².